The molecule has 0 atom stereocenters. The van der Waals surface area contributed by atoms with Crippen LogP contribution in [0.1, 0.15) is 12.8 Å². The van der Waals surface area contributed by atoms with Gasteiger partial charge in [0.2, 0.25) is 10.0 Å². The number of ether oxygens (including phenoxy) is 1. The van der Waals surface area contributed by atoms with Crippen molar-refractivity contribution < 1.29 is 17.9 Å². The lowest BCUT2D eigenvalue weighted by atomic mass is 9.98. The number of hydrogen-bond acceptors (Lipinski definition) is 4. The van der Waals surface area contributed by atoms with Crippen molar-refractivity contribution in [1.82, 2.24) is 9.62 Å². The van der Waals surface area contributed by atoms with Gasteiger partial charge in [0.25, 0.3) is 0 Å². The summed E-state index contributed by atoms with van der Waals surface area (Å²) in [6, 6.07) is 4.63. The van der Waals surface area contributed by atoms with Crippen molar-refractivity contribution in [2.75, 3.05) is 38.3 Å². The smallest absolute Gasteiger partial charge is 0.319 e. The highest BCUT2D eigenvalue weighted by atomic mass is 35.5. The zero-order valence-electron chi connectivity index (χ0n) is 13.7. The Morgan fingerprint density at radius 1 is 1.38 bits per heavy atom. The molecule has 0 radical (unpaired) electrons. The topological polar surface area (TPSA) is 87.7 Å². The van der Waals surface area contributed by atoms with Crippen molar-refractivity contribution in [1.29, 1.82) is 0 Å². The summed E-state index contributed by atoms with van der Waals surface area (Å²) in [4.78, 5) is 12.0. The van der Waals surface area contributed by atoms with Crippen LogP contribution in [0.2, 0.25) is 5.02 Å². The van der Waals surface area contributed by atoms with Gasteiger partial charge in [-0.25, -0.2) is 17.5 Å². The summed E-state index contributed by atoms with van der Waals surface area (Å²) in [5, 5.41) is 6.02. The molecule has 0 spiro atoms. The number of benzene rings is 1. The zero-order chi connectivity index (χ0) is 17.7. The standard InChI is InChI=1S/C15H22ClN3O4S/c1-23-14-4-3-12(16)9-13(14)18-15(20)17-10-11-5-7-19(8-6-11)24(2,21)22/h3-4,9,11H,5-8,10H2,1-2H3,(H2,17,18,20). The molecule has 2 N–H and O–H groups in total. The maximum atomic E-state index is 12.0. The molecule has 24 heavy (non-hydrogen) atoms. The number of amides is 2. The number of nitrogens with one attached hydrogen (secondary N) is 2. The van der Waals surface area contributed by atoms with Gasteiger partial charge in [0.1, 0.15) is 5.75 Å². The van der Waals surface area contributed by atoms with E-state index in [-0.39, 0.29) is 11.9 Å². The lowest BCUT2D eigenvalue weighted by Gasteiger charge is -2.30. The Labute approximate surface area is 147 Å². The summed E-state index contributed by atoms with van der Waals surface area (Å²) in [5.74, 6) is 0.783. The Kier molecular flexibility index (Phi) is 6.31. The molecule has 1 heterocycles. The summed E-state index contributed by atoms with van der Waals surface area (Å²) in [5.41, 5.74) is 0.495. The number of halogens is 1. The first kappa shape index (κ1) is 18.8. The Bertz CT molecular complexity index is 688. The van der Waals surface area contributed by atoms with Crippen molar-refractivity contribution in [3.05, 3.63) is 23.2 Å². The van der Waals surface area contributed by atoms with E-state index in [0.29, 0.717) is 36.1 Å². The van der Waals surface area contributed by atoms with Crippen LogP contribution in [-0.2, 0) is 10.0 Å². The van der Waals surface area contributed by atoms with Gasteiger partial charge in [-0.1, -0.05) is 11.6 Å². The molecular weight excluding hydrogens is 354 g/mol. The molecule has 7 nitrogen and oxygen atoms in total. The number of hydrogen-bond donors (Lipinski definition) is 2. The monoisotopic (exact) mass is 375 g/mol. The molecule has 1 aromatic rings. The highest BCUT2D eigenvalue weighted by molar-refractivity contribution is 7.88. The van der Waals surface area contributed by atoms with Crippen LogP contribution in [0.4, 0.5) is 10.5 Å². The fraction of sp³-hybridized carbons (Fsp3) is 0.533. The van der Waals surface area contributed by atoms with E-state index < -0.39 is 10.0 Å². The third kappa shape index (κ3) is 5.25. The Hall–Kier alpha value is -1.51. The second-order valence-corrected chi connectivity index (χ2v) is 8.20. The second-order valence-electron chi connectivity index (χ2n) is 5.79. The molecule has 1 fully saturated rings. The summed E-state index contributed by atoms with van der Waals surface area (Å²) in [6.45, 7) is 1.48. The number of rotatable bonds is 5. The third-order valence-electron chi connectivity index (χ3n) is 4.00. The largest absolute Gasteiger partial charge is 0.495 e. The molecule has 1 saturated heterocycles. The van der Waals surface area contributed by atoms with Crippen molar-refractivity contribution in [2.45, 2.75) is 12.8 Å². The van der Waals surface area contributed by atoms with E-state index >= 15 is 0 Å². The van der Waals surface area contributed by atoms with Crippen LogP contribution < -0.4 is 15.4 Å². The highest BCUT2D eigenvalue weighted by Crippen LogP contribution is 2.27. The number of carbonyl (C=O) groups excluding carboxylic acids is 1. The van der Waals surface area contributed by atoms with Crippen molar-refractivity contribution >= 4 is 33.3 Å². The van der Waals surface area contributed by atoms with Gasteiger partial charge < -0.3 is 15.4 Å². The molecule has 1 aliphatic heterocycles. The minimum atomic E-state index is -3.13. The van der Waals surface area contributed by atoms with E-state index in [1.807, 2.05) is 0 Å². The Morgan fingerprint density at radius 3 is 2.62 bits per heavy atom. The third-order valence-corrected chi connectivity index (χ3v) is 5.54. The lowest BCUT2D eigenvalue weighted by Crippen LogP contribution is -2.41. The Balaban J connectivity index is 1.81. The fourth-order valence-electron chi connectivity index (χ4n) is 2.63. The summed E-state index contributed by atoms with van der Waals surface area (Å²) in [6.07, 6.45) is 2.68. The van der Waals surface area contributed by atoms with Gasteiger partial charge in [0.15, 0.2) is 0 Å². The van der Waals surface area contributed by atoms with Crippen LogP contribution in [0.15, 0.2) is 18.2 Å². The fourth-order valence-corrected chi connectivity index (χ4v) is 3.67. The first-order valence-corrected chi connectivity index (χ1v) is 9.85. The number of urea groups is 1. The first-order valence-electron chi connectivity index (χ1n) is 7.63. The van der Waals surface area contributed by atoms with E-state index in [1.165, 1.54) is 17.7 Å². The second kappa shape index (κ2) is 8.04. The van der Waals surface area contributed by atoms with E-state index in [0.717, 1.165) is 12.8 Å². The normalized spacial score (nSPS) is 16.6. The molecule has 1 aliphatic rings. The summed E-state index contributed by atoms with van der Waals surface area (Å²) in [7, 11) is -1.61. The van der Waals surface area contributed by atoms with Gasteiger partial charge in [0, 0.05) is 24.7 Å². The zero-order valence-corrected chi connectivity index (χ0v) is 15.3. The van der Waals surface area contributed by atoms with Crippen LogP contribution in [0, 0.1) is 5.92 Å². The van der Waals surface area contributed by atoms with E-state index in [4.69, 9.17) is 16.3 Å². The van der Waals surface area contributed by atoms with Gasteiger partial charge >= 0.3 is 6.03 Å². The maximum Gasteiger partial charge on any atom is 0.319 e. The van der Waals surface area contributed by atoms with Gasteiger partial charge in [-0.15, -0.1) is 0 Å². The minimum absolute atomic E-state index is 0.259. The molecule has 1 aromatic carbocycles. The van der Waals surface area contributed by atoms with Gasteiger partial charge in [-0.3, -0.25) is 0 Å². The molecule has 2 amide bonds. The summed E-state index contributed by atoms with van der Waals surface area (Å²) < 4.78 is 29.6. The number of sulfonamides is 1. The van der Waals surface area contributed by atoms with Crippen molar-refractivity contribution in [3.8, 4) is 5.75 Å². The van der Waals surface area contributed by atoms with Gasteiger partial charge in [-0.2, -0.15) is 0 Å². The van der Waals surface area contributed by atoms with Crippen LogP contribution in [0.25, 0.3) is 0 Å². The molecule has 0 unspecified atom stereocenters. The molecule has 2 rings (SSSR count). The summed E-state index contributed by atoms with van der Waals surface area (Å²) >= 11 is 5.93. The number of anilines is 1. The van der Waals surface area contributed by atoms with Gasteiger partial charge in [0.05, 0.1) is 19.1 Å². The number of piperidine rings is 1. The Morgan fingerprint density at radius 2 is 2.04 bits per heavy atom. The number of carbonyl (C=O) groups is 1. The van der Waals surface area contributed by atoms with E-state index in [1.54, 1.807) is 18.2 Å². The SMILES string of the molecule is COc1ccc(Cl)cc1NC(=O)NCC1CCN(S(C)(=O)=O)CC1. The average Bonchev–Trinajstić information content (AvgIpc) is 2.53. The van der Waals surface area contributed by atoms with E-state index in [2.05, 4.69) is 10.6 Å². The van der Waals surface area contributed by atoms with Crippen LogP contribution in [0.5, 0.6) is 5.75 Å². The van der Waals surface area contributed by atoms with Crippen LogP contribution >= 0.6 is 11.6 Å². The molecule has 0 saturated carbocycles. The predicted octanol–water partition coefficient (Wildman–Crippen LogP) is 2.14. The molecule has 0 bridgehead atoms. The van der Waals surface area contributed by atoms with Crippen LogP contribution in [-0.4, -0.2) is 51.8 Å². The molecular formula is C15H22ClN3O4S. The van der Waals surface area contributed by atoms with Gasteiger partial charge in [-0.05, 0) is 37.0 Å². The van der Waals surface area contributed by atoms with E-state index in [9.17, 15) is 13.2 Å². The lowest BCUT2D eigenvalue weighted by molar-refractivity contribution is 0.240. The molecule has 0 aliphatic carbocycles. The first-order chi connectivity index (χ1) is 11.3. The van der Waals surface area contributed by atoms with Crippen molar-refractivity contribution in [2.24, 2.45) is 5.92 Å². The predicted molar refractivity (Wildman–Crippen MR) is 94.2 cm³/mol. The minimum Gasteiger partial charge on any atom is -0.495 e. The highest BCUT2D eigenvalue weighted by Gasteiger charge is 2.25. The molecule has 9 heteroatoms. The maximum absolute atomic E-state index is 12.0. The molecule has 134 valence electrons. The average molecular weight is 376 g/mol. The number of methoxy groups -OCH3 is 1. The van der Waals surface area contributed by atoms with Crippen LogP contribution in [0.3, 0.4) is 0 Å². The van der Waals surface area contributed by atoms with Crippen molar-refractivity contribution in [3.63, 3.8) is 0 Å². The quantitative estimate of drug-likeness (QED) is 0.825. The number of nitrogens with zero attached hydrogens (tertiary/aromatic N) is 1. The molecule has 0 aromatic heterocycles.